The van der Waals surface area contributed by atoms with E-state index in [0.29, 0.717) is 24.0 Å². The van der Waals surface area contributed by atoms with Crippen LogP contribution in [0.15, 0.2) is 0 Å². The molecule has 0 N–H and O–H groups in total. The summed E-state index contributed by atoms with van der Waals surface area (Å²) in [6.07, 6.45) is 4.38. The first-order valence-electron chi connectivity index (χ1n) is 9.75. The summed E-state index contributed by atoms with van der Waals surface area (Å²) in [6.45, 7) is 23.4. The van der Waals surface area contributed by atoms with Gasteiger partial charge in [-0.1, -0.05) is 40.5 Å². The summed E-state index contributed by atoms with van der Waals surface area (Å²) in [4.78, 5) is 0. The van der Waals surface area contributed by atoms with E-state index in [-0.39, 0.29) is 0 Å². The summed E-state index contributed by atoms with van der Waals surface area (Å²) >= 11 is 0. The Kier molecular flexibility index (Phi) is 7.59. The van der Waals surface area contributed by atoms with Crippen LogP contribution in [0, 0.1) is 23.7 Å². The molecule has 1 fully saturated rings. The van der Waals surface area contributed by atoms with Gasteiger partial charge in [0.15, 0.2) is 16.6 Å². The molecule has 0 amide bonds. The lowest BCUT2D eigenvalue weighted by Crippen LogP contribution is -2.47. The molecule has 0 bridgehead atoms. The minimum absolute atomic E-state index is 0.308. The van der Waals surface area contributed by atoms with Gasteiger partial charge in [-0.15, -0.1) is 0 Å². The highest BCUT2D eigenvalue weighted by atomic mass is 28.4. The largest absolute Gasteiger partial charge is 0.412 e. The van der Waals surface area contributed by atoms with E-state index in [1.807, 2.05) is 0 Å². The summed E-state index contributed by atoms with van der Waals surface area (Å²) in [6, 6.07) is 0. The van der Waals surface area contributed by atoms with Gasteiger partial charge in [0.2, 0.25) is 0 Å². The monoisotopic (exact) mass is 358 g/mol. The Morgan fingerprint density at radius 3 is 1.26 bits per heavy atom. The summed E-state index contributed by atoms with van der Waals surface area (Å²) in [5.74, 6) is 2.76. The van der Waals surface area contributed by atoms with Crippen LogP contribution in [-0.4, -0.2) is 28.8 Å². The maximum absolute atomic E-state index is 6.75. The van der Waals surface area contributed by atoms with Crippen LogP contribution >= 0.6 is 0 Å². The van der Waals surface area contributed by atoms with Crippen LogP contribution in [0.25, 0.3) is 0 Å². The van der Waals surface area contributed by atoms with Crippen LogP contribution in [0.5, 0.6) is 0 Å². The number of rotatable bonds is 8. The maximum Gasteiger partial charge on any atom is 0.184 e. The van der Waals surface area contributed by atoms with Crippen molar-refractivity contribution in [2.45, 2.75) is 98.4 Å². The molecule has 0 aromatic heterocycles. The van der Waals surface area contributed by atoms with Crippen LogP contribution in [0.4, 0.5) is 0 Å². The lowest BCUT2D eigenvalue weighted by molar-refractivity contribution is 0.00872. The number of hydrogen-bond donors (Lipinski definition) is 0. The standard InChI is InChI=1S/C19H42O2Si2/c1-11-14(3)16-13-17(15(4)12-2)19(21-23(8,9)10)18(16)20-22(5,6)7/h14-19H,11-13H2,1-10H3. The van der Waals surface area contributed by atoms with Gasteiger partial charge in [-0.3, -0.25) is 0 Å². The highest BCUT2D eigenvalue weighted by Crippen LogP contribution is 2.46. The first-order chi connectivity index (χ1) is 10.4. The van der Waals surface area contributed by atoms with Crippen molar-refractivity contribution in [2.75, 3.05) is 0 Å². The van der Waals surface area contributed by atoms with E-state index in [1.165, 1.54) is 19.3 Å². The third-order valence-corrected chi connectivity index (χ3v) is 7.40. The van der Waals surface area contributed by atoms with Crippen LogP contribution in [0.1, 0.15) is 47.0 Å². The van der Waals surface area contributed by atoms with E-state index in [9.17, 15) is 0 Å². The maximum atomic E-state index is 6.75. The average molecular weight is 359 g/mol. The Morgan fingerprint density at radius 2 is 1.04 bits per heavy atom. The van der Waals surface area contributed by atoms with Crippen molar-refractivity contribution in [2.24, 2.45) is 23.7 Å². The summed E-state index contributed by atoms with van der Waals surface area (Å²) in [5, 5.41) is 0. The average Bonchev–Trinajstić information content (AvgIpc) is 2.72. The molecule has 0 heterocycles. The van der Waals surface area contributed by atoms with Crippen molar-refractivity contribution in [3.63, 3.8) is 0 Å². The van der Waals surface area contributed by atoms with Gasteiger partial charge in [0.25, 0.3) is 0 Å². The highest BCUT2D eigenvalue weighted by molar-refractivity contribution is 6.70. The topological polar surface area (TPSA) is 18.5 Å². The third-order valence-electron chi connectivity index (χ3n) is 5.44. The van der Waals surface area contributed by atoms with E-state index >= 15 is 0 Å². The Hall–Kier alpha value is 0.354. The Bertz CT molecular complexity index is 325. The van der Waals surface area contributed by atoms with Crippen molar-refractivity contribution >= 4 is 16.6 Å². The molecular weight excluding hydrogens is 316 g/mol. The Morgan fingerprint density at radius 1 is 0.739 bits per heavy atom. The third kappa shape index (κ3) is 6.30. The van der Waals surface area contributed by atoms with Crippen molar-refractivity contribution in [3.8, 4) is 0 Å². The molecule has 4 heteroatoms. The lowest BCUT2D eigenvalue weighted by Gasteiger charge is -2.38. The summed E-state index contributed by atoms with van der Waals surface area (Å²) in [7, 11) is -3.16. The predicted octanol–water partition coefficient (Wildman–Crippen LogP) is 6.15. The first-order valence-corrected chi connectivity index (χ1v) is 16.6. The van der Waals surface area contributed by atoms with Gasteiger partial charge in [-0.05, 0) is 69.4 Å². The molecule has 0 aromatic carbocycles. The van der Waals surface area contributed by atoms with Gasteiger partial charge in [-0.2, -0.15) is 0 Å². The lowest BCUT2D eigenvalue weighted by atomic mass is 9.85. The van der Waals surface area contributed by atoms with Gasteiger partial charge in [0.05, 0.1) is 12.2 Å². The first kappa shape index (κ1) is 21.4. The Labute approximate surface area is 148 Å². The second-order valence-corrected chi connectivity index (χ2v) is 18.6. The molecule has 23 heavy (non-hydrogen) atoms. The van der Waals surface area contributed by atoms with Gasteiger partial charge in [-0.25, -0.2) is 0 Å². The van der Waals surface area contributed by atoms with Gasteiger partial charge >= 0.3 is 0 Å². The molecule has 1 aliphatic carbocycles. The molecule has 6 atom stereocenters. The van der Waals surface area contributed by atoms with Crippen LogP contribution in [0.2, 0.25) is 39.3 Å². The van der Waals surface area contributed by atoms with Crippen molar-refractivity contribution in [3.05, 3.63) is 0 Å². The summed E-state index contributed by atoms with van der Waals surface area (Å²) < 4.78 is 13.5. The van der Waals surface area contributed by atoms with Crippen molar-refractivity contribution in [1.82, 2.24) is 0 Å². The van der Waals surface area contributed by atoms with Gasteiger partial charge in [0.1, 0.15) is 0 Å². The molecule has 6 unspecified atom stereocenters. The zero-order chi connectivity index (χ0) is 18.0. The molecule has 1 aliphatic rings. The molecular formula is C19H42O2Si2. The molecule has 1 rings (SSSR count). The van der Waals surface area contributed by atoms with E-state index in [0.717, 1.165) is 11.8 Å². The second-order valence-electron chi connectivity index (χ2n) is 9.72. The fourth-order valence-corrected chi connectivity index (χ4v) is 6.16. The zero-order valence-corrected chi connectivity index (χ0v) is 19.4. The number of hydrogen-bond acceptors (Lipinski definition) is 2. The van der Waals surface area contributed by atoms with Crippen LogP contribution < -0.4 is 0 Å². The van der Waals surface area contributed by atoms with E-state index in [4.69, 9.17) is 8.85 Å². The molecule has 138 valence electrons. The SMILES string of the molecule is CCC(C)C1CC(C(C)CC)C(O[Si](C)(C)C)C1O[Si](C)(C)C. The Balaban J connectivity index is 3.14. The smallest absolute Gasteiger partial charge is 0.184 e. The minimum atomic E-state index is -1.58. The van der Waals surface area contributed by atoms with Gasteiger partial charge in [0, 0.05) is 0 Å². The quantitative estimate of drug-likeness (QED) is 0.484. The summed E-state index contributed by atoms with van der Waals surface area (Å²) in [5.41, 5.74) is 0. The van der Waals surface area contributed by atoms with Crippen molar-refractivity contribution < 1.29 is 8.85 Å². The molecule has 0 aliphatic heterocycles. The van der Waals surface area contributed by atoms with E-state index in [1.54, 1.807) is 0 Å². The zero-order valence-electron chi connectivity index (χ0n) is 17.4. The van der Waals surface area contributed by atoms with Gasteiger partial charge < -0.3 is 8.85 Å². The van der Waals surface area contributed by atoms with E-state index in [2.05, 4.69) is 67.0 Å². The minimum Gasteiger partial charge on any atom is -0.412 e. The molecule has 2 nitrogen and oxygen atoms in total. The molecule has 1 saturated carbocycles. The molecule has 0 radical (unpaired) electrons. The normalized spacial score (nSPS) is 32.1. The molecule has 0 aromatic rings. The molecule has 0 spiro atoms. The van der Waals surface area contributed by atoms with E-state index < -0.39 is 16.6 Å². The molecule has 0 saturated heterocycles. The second kappa shape index (κ2) is 8.16. The van der Waals surface area contributed by atoms with Crippen LogP contribution in [-0.2, 0) is 8.85 Å². The van der Waals surface area contributed by atoms with Crippen LogP contribution in [0.3, 0.4) is 0 Å². The van der Waals surface area contributed by atoms with Crippen molar-refractivity contribution in [1.29, 1.82) is 0 Å². The fraction of sp³-hybridized carbons (Fsp3) is 1.00. The highest BCUT2D eigenvalue weighted by Gasteiger charge is 2.50. The fourth-order valence-electron chi connectivity index (χ4n) is 3.91. The predicted molar refractivity (Wildman–Crippen MR) is 107 cm³/mol.